The van der Waals surface area contributed by atoms with Crippen LogP contribution in [-0.2, 0) is 4.79 Å². The highest BCUT2D eigenvalue weighted by Gasteiger charge is 2.07. The molecular weight excluding hydrogens is 351 g/mol. The van der Waals surface area contributed by atoms with Crippen LogP contribution in [0.15, 0.2) is 47.6 Å². The highest BCUT2D eigenvalue weighted by molar-refractivity contribution is 6.43. The summed E-state index contributed by atoms with van der Waals surface area (Å²) in [6.07, 6.45) is 1.42. The maximum Gasteiger partial charge on any atom is 0.277 e. The molecule has 0 aliphatic carbocycles. The first-order chi connectivity index (χ1) is 11.6. The number of benzene rings is 2. The zero-order valence-electron chi connectivity index (χ0n) is 13.0. The summed E-state index contributed by atoms with van der Waals surface area (Å²) in [7, 11) is 0. The molecule has 1 N–H and O–H groups in total. The normalized spacial score (nSPS) is 10.6. The first-order valence-corrected chi connectivity index (χ1v) is 7.98. The van der Waals surface area contributed by atoms with Gasteiger partial charge >= 0.3 is 0 Å². The number of nitrogens with one attached hydrogen (secondary N) is 1. The topological polar surface area (TPSA) is 59.9 Å². The predicted molar refractivity (Wildman–Crippen MR) is 95.3 cm³/mol. The number of hydrogen-bond donors (Lipinski definition) is 1. The van der Waals surface area contributed by atoms with Crippen molar-refractivity contribution in [2.45, 2.75) is 6.92 Å². The Hall–Kier alpha value is -2.24. The van der Waals surface area contributed by atoms with Gasteiger partial charge in [-0.3, -0.25) is 4.79 Å². The van der Waals surface area contributed by atoms with Gasteiger partial charge < -0.3 is 9.47 Å². The average molecular weight is 367 g/mol. The quantitative estimate of drug-likeness (QED) is 0.596. The first kappa shape index (κ1) is 18.1. The van der Waals surface area contributed by atoms with Crippen LogP contribution in [0.25, 0.3) is 0 Å². The number of amides is 1. The Balaban J connectivity index is 1.88. The van der Waals surface area contributed by atoms with E-state index in [4.69, 9.17) is 32.7 Å². The predicted octanol–water partition coefficient (Wildman–Crippen LogP) is 3.92. The van der Waals surface area contributed by atoms with Crippen molar-refractivity contribution in [2.24, 2.45) is 5.10 Å². The lowest BCUT2D eigenvalue weighted by Crippen LogP contribution is -2.24. The molecule has 0 aliphatic rings. The minimum atomic E-state index is -0.407. The number of rotatable bonds is 7. The summed E-state index contributed by atoms with van der Waals surface area (Å²) >= 11 is 11.9. The standard InChI is InChI=1S/C17H16Cl2N2O3/c1-2-23-14-8-3-4-9-15(14)24-11-16(22)21-20-10-12-6-5-7-13(18)17(12)19/h3-10H,2,11H2,1H3,(H,21,22)/b20-10-. The monoisotopic (exact) mass is 366 g/mol. The zero-order valence-corrected chi connectivity index (χ0v) is 14.5. The Kier molecular flexibility index (Phi) is 6.90. The molecule has 0 saturated carbocycles. The molecule has 0 saturated heterocycles. The molecule has 0 unspecified atom stereocenters. The molecule has 0 bridgehead atoms. The van der Waals surface area contributed by atoms with Gasteiger partial charge in [0.25, 0.3) is 5.91 Å². The minimum absolute atomic E-state index is 0.190. The molecule has 0 spiro atoms. The minimum Gasteiger partial charge on any atom is -0.490 e. The number of ether oxygens (including phenoxy) is 2. The number of hydrazone groups is 1. The van der Waals surface area contributed by atoms with Gasteiger partial charge in [0, 0.05) is 5.56 Å². The van der Waals surface area contributed by atoms with E-state index in [1.807, 2.05) is 13.0 Å². The third-order valence-corrected chi connectivity index (χ3v) is 3.72. The molecule has 5 nitrogen and oxygen atoms in total. The molecular formula is C17H16Cl2N2O3. The molecule has 2 aromatic carbocycles. The van der Waals surface area contributed by atoms with Gasteiger partial charge in [-0.15, -0.1) is 0 Å². The largest absolute Gasteiger partial charge is 0.490 e. The molecule has 2 rings (SSSR count). The lowest BCUT2D eigenvalue weighted by Gasteiger charge is -2.10. The molecule has 0 radical (unpaired) electrons. The van der Waals surface area contributed by atoms with Crippen molar-refractivity contribution in [3.8, 4) is 11.5 Å². The van der Waals surface area contributed by atoms with Gasteiger partial charge in [0.05, 0.1) is 22.9 Å². The summed E-state index contributed by atoms with van der Waals surface area (Å²) in [5.74, 6) is 0.675. The summed E-state index contributed by atoms with van der Waals surface area (Å²) in [6.45, 7) is 2.20. The summed E-state index contributed by atoms with van der Waals surface area (Å²) in [4.78, 5) is 11.8. The van der Waals surface area contributed by atoms with E-state index in [0.29, 0.717) is 33.7 Å². The van der Waals surface area contributed by atoms with E-state index in [0.717, 1.165) is 0 Å². The van der Waals surface area contributed by atoms with Crippen molar-refractivity contribution < 1.29 is 14.3 Å². The van der Waals surface area contributed by atoms with E-state index < -0.39 is 5.91 Å². The Labute approximate surface area is 150 Å². The van der Waals surface area contributed by atoms with Crippen molar-refractivity contribution in [1.82, 2.24) is 5.43 Å². The molecule has 2 aromatic rings. The molecule has 0 atom stereocenters. The first-order valence-electron chi connectivity index (χ1n) is 7.22. The van der Waals surface area contributed by atoms with Crippen molar-refractivity contribution in [1.29, 1.82) is 0 Å². The number of nitrogens with zero attached hydrogens (tertiary/aromatic N) is 1. The van der Waals surface area contributed by atoms with Crippen molar-refractivity contribution >= 4 is 35.3 Å². The Morgan fingerprint density at radius 2 is 1.83 bits per heavy atom. The van der Waals surface area contributed by atoms with Crippen LogP contribution in [0.4, 0.5) is 0 Å². The third-order valence-electron chi connectivity index (χ3n) is 2.88. The molecule has 0 aromatic heterocycles. The van der Waals surface area contributed by atoms with Crippen LogP contribution in [0.1, 0.15) is 12.5 Å². The van der Waals surface area contributed by atoms with Crippen LogP contribution in [0.2, 0.25) is 10.0 Å². The Morgan fingerprint density at radius 3 is 2.54 bits per heavy atom. The maximum absolute atomic E-state index is 11.8. The van der Waals surface area contributed by atoms with Gasteiger partial charge in [-0.25, -0.2) is 5.43 Å². The van der Waals surface area contributed by atoms with Gasteiger partial charge in [0.2, 0.25) is 0 Å². The van der Waals surface area contributed by atoms with E-state index in [1.165, 1.54) is 6.21 Å². The zero-order chi connectivity index (χ0) is 17.4. The van der Waals surface area contributed by atoms with E-state index >= 15 is 0 Å². The van der Waals surface area contributed by atoms with Crippen LogP contribution in [0, 0.1) is 0 Å². The molecule has 0 fully saturated rings. The van der Waals surface area contributed by atoms with Crippen LogP contribution in [0.3, 0.4) is 0 Å². The second-order valence-corrected chi connectivity index (χ2v) is 5.39. The second-order valence-electron chi connectivity index (χ2n) is 4.60. The fourth-order valence-corrected chi connectivity index (χ4v) is 2.17. The summed E-state index contributed by atoms with van der Waals surface area (Å²) in [6, 6.07) is 12.3. The van der Waals surface area contributed by atoms with Gasteiger partial charge in [0.15, 0.2) is 18.1 Å². The maximum atomic E-state index is 11.8. The molecule has 24 heavy (non-hydrogen) atoms. The SMILES string of the molecule is CCOc1ccccc1OCC(=O)N/N=C\c1cccc(Cl)c1Cl. The number of carbonyl (C=O) groups is 1. The highest BCUT2D eigenvalue weighted by atomic mass is 35.5. The third kappa shape index (κ3) is 5.15. The van der Waals surface area contributed by atoms with E-state index in [2.05, 4.69) is 10.5 Å². The van der Waals surface area contributed by atoms with Crippen molar-refractivity contribution in [2.75, 3.05) is 13.2 Å². The molecule has 7 heteroatoms. The summed E-state index contributed by atoms with van der Waals surface area (Å²) < 4.78 is 10.9. The number of halogens is 2. The molecule has 1 amide bonds. The van der Waals surface area contributed by atoms with Gasteiger partial charge in [0.1, 0.15) is 0 Å². The molecule has 0 aliphatic heterocycles. The average Bonchev–Trinajstić information content (AvgIpc) is 2.58. The van der Waals surface area contributed by atoms with Crippen LogP contribution in [0.5, 0.6) is 11.5 Å². The second kappa shape index (κ2) is 9.15. The molecule has 0 heterocycles. The smallest absolute Gasteiger partial charge is 0.277 e. The van der Waals surface area contributed by atoms with Gasteiger partial charge in [-0.1, -0.05) is 47.5 Å². The van der Waals surface area contributed by atoms with Crippen molar-refractivity contribution in [3.63, 3.8) is 0 Å². The van der Waals surface area contributed by atoms with E-state index in [-0.39, 0.29) is 6.61 Å². The summed E-state index contributed by atoms with van der Waals surface area (Å²) in [5, 5.41) is 4.63. The fourth-order valence-electron chi connectivity index (χ4n) is 1.81. The highest BCUT2D eigenvalue weighted by Crippen LogP contribution is 2.26. The Morgan fingerprint density at radius 1 is 1.12 bits per heavy atom. The van der Waals surface area contributed by atoms with Crippen molar-refractivity contribution in [3.05, 3.63) is 58.1 Å². The fraction of sp³-hybridized carbons (Fsp3) is 0.176. The van der Waals surface area contributed by atoms with E-state index in [1.54, 1.807) is 36.4 Å². The van der Waals surface area contributed by atoms with Crippen LogP contribution in [-0.4, -0.2) is 25.3 Å². The van der Waals surface area contributed by atoms with E-state index in [9.17, 15) is 4.79 Å². The van der Waals surface area contributed by atoms with Crippen LogP contribution < -0.4 is 14.9 Å². The molecule has 126 valence electrons. The van der Waals surface area contributed by atoms with Gasteiger partial charge in [-0.2, -0.15) is 5.10 Å². The lowest BCUT2D eigenvalue weighted by atomic mass is 10.2. The number of carbonyl (C=O) groups excluding carboxylic acids is 1. The van der Waals surface area contributed by atoms with Crippen LogP contribution >= 0.6 is 23.2 Å². The number of hydrogen-bond acceptors (Lipinski definition) is 4. The van der Waals surface area contributed by atoms with Gasteiger partial charge in [-0.05, 0) is 25.1 Å². The number of para-hydroxylation sites is 2. The summed E-state index contributed by atoms with van der Waals surface area (Å²) in [5.41, 5.74) is 2.97. The lowest BCUT2D eigenvalue weighted by molar-refractivity contribution is -0.123. The Bertz CT molecular complexity index is 736.